The zero-order chi connectivity index (χ0) is 13.9. The summed E-state index contributed by atoms with van der Waals surface area (Å²) < 4.78 is 1.09. The van der Waals surface area contributed by atoms with E-state index in [2.05, 4.69) is 50.4 Å². The van der Waals surface area contributed by atoms with Crippen molar-refractivity contribution in [3.63, 3.8) is 0 Å². The maximum Gasteiger partial charge on any atom is 0.226 e. The molecule has 1 unspecified atom stereocenters. The van der Waals surface area contributed by atoms with E-state index in [4.69, 9.17) is 0 Å². The summed E-state index contributed by atoms with van der Waals surface area (Å²) >= 11 is 3.47. The van der Waals surface area contributed by atoms with Crippen molar-refractivity contribution in [1.29, 1.82) is 0 Å². The van der Waals surface area contributed by atoms with Gasteiger partial charge in [-0.1, -0.05) is 28.1 Å². The molecule has 0 radical (unpaired) electrons. The van der Waals surface area contributed by atoms with Gasteiger partial charge in [0.25, 0.3) is 0 Å². The third-order valence-corrected chi connectivity index (χ3v) is 5.01. The third-order valence-electron chi connectivity index (χ3n) is 4.48. The predicted octanol–water partition coefficient (Wildman–Crippen LogP) is 3.53. The minimum Gasteiger partial charge on any atom is -0.335 e. The quantitative estimate of drug-likeness (QED) is 0.860. The Morgan fingerprint density at radius 2 is 1.81 bits per heavy atom. The molecule has 2 heterocycles. The molecule has 0 spiro atoms. The summed E-state index contributed by atoms with van der Waals surface area (Å²) in [6.45, 7) is 2.88. The van der Waals surface area contributed by atoms with Crippen LogP contribution in [0.15, 0.2) is 28.7 Å². The molecule has 0 aromatic heterocycles. The Balaban J connectivity index is 0.00000161. The van der Waals surface area contributed by atoms with Crippen LogP contribution < -0.4 is 5.32 Å². The highest BCUT2D eigenvalue weighted by molar-refractivity contribution is 9.10. The van der Waals surface area contributed by atoms with Gasteiger partial charge < -0.3 is 10.2 Å². The first kappa shape index (κ1) is 16.8. The number of nitrogens with one attached hydrogen (secondary N) is 1. The van der Waals surface area contributed by atoms with Crippen molar-refractivity contribution in [2.24, 2.45) is 5.92 Å². The van der Waals surface area contributed by atoms with E-state index in [0.29, 0.717) is 5.91 Å². The zero-order valence-corrected chi connectivity index (χ0v) is 14.5. The van der Waals surface area contributed by atoms with E-state index in [0.717, 1.165) is 49.8 Å². The molecular weight excluding hydrogens is 352 g/mol. The van der Waals surface area contributed by atoms with Crippen LogP contribution in [0.1, 0.15) is 37.3 Å². The maximum atomic E-state index is 12.7. The fourth-order valence-corrected chi connectivity index (χ4v) is 3.63. The zero-order valence-electron chi connectivity index (χ0n) is 12.1. The van der Waals surface area contributed by atoms with Gasteiger partial charge in [0.1, 0.15) is 0 Å². The summed E-state index contributed by atoms with van der Waals surface area (Å²) in [4.78, 5) is 14.9. The summed E-state index contributed by atoms with van der Waals surface area (Å²) in [6.07, 6.45) is 4.20. The monoisotopic (exact) mass is 372 g/mol. The van der Waals surface area contributed by atoms with E-state index < -0.39 is 0 Å². The SMILES string of the molecule is Cl.O=C(C1CCNCC1)N1CCCC1c1ccc(Br)cc1. The number of hydrogen-bond acceptors (Lipinski definition) is 2. The van der Waals surface area contributed by atoms with Crippen LogP contribution in [0, 0.1) is 5.92 Å². The third kappa shape index (κ3) is 3.79. The van der Waals surface area contributed by atoms with Crippen molar-refractivity contribution in [2.75, 3.05) is 19.6 Å². The molecule has 116 valence electrons. The maximum absolute atomic E-state index is 12.7. The van der Waals surface area contributed by atoms with Crippen LogP contribution in [-0.4, -0.2) is 30.4 Å². The number of halogens is 2. The molecule has 1 amide bonds. The molecular formula is C16H22BrClN2O. The van der Waals surface area contributed by atoms with Crippen LogP contribution in [0.5, 0.6) is 0 Å². The van der Waals surface area contributed by atoms with Gasteiger partial charge in [0.05, 0.1) is 6.04 Å². The fraction of sp³-hybridized carbons (Fsp3) is 0.562. The van der Waals surface area contributed by atoms with E-state index in [-0.39, 0.29) is 24.4 Å². The van der Waals surface area contributed by atoms with Crippen LogP contribution in [0.25, 0.3) is 0 Å². The number of carbonyl (C=O) groups is 1. The lowest BCUT2D eigenvalue weighted by Gasteiger charge is -2.31. The molecule has 2 aliphatic rings. The highest BCUT2D eigenvalue weighted by Crippen LogP contribution is 2.34. The number of hydrogen-bond donors (Lipinski definition) is 1. The van der Waals surface area contributed by atoms with E-state index >= 15 is 0 Å². The second-order valence-electron chi connectivity index (χ2n) is 5.77. The molecule has 2 fully saturated rings. The Morgan fingerprint density at radius 3 is 2.48 bits per heavy atom. The minimum absolute atomic E-state index is 0. The number of benzene rings is 1. The van der Waals surface area contributed by atoms with E-state index in [1.54, 1.807) is 0 Å². The molecule has 1 aromatic rings. The first-order valence-corrected chi connectivity index (χ1v) is 8.31. The van der Waals surface area contributed by atoms with Gasteiger partial charge >= 0.3 is 0 Å². The van der Waals surface area contributed by atoms with Crippen molar-refractivity contribution < 1.29 is 4.79 Å². The Kier molecular flexibility index (Phi) is 6.08. The summed E-state index contributed by atoms with van der Waals surface area (Å²) in [5, 5.41) is 3.33. The summed E-state index contributed by atoms with van der Waals surface area (Å²) in [6, 6.07) is 8.71. The highest BCUT2D eigenvalue weighted by atomic mass is 79.9. The Bertz CT molecular complexity index is 474. The first-order chi connectivity index (χ1) is 9.75. The van der Waals surface area contributed by atoms with Crippen molar-refractivity contribution in [2.45, 2.75) is 31.7 Å². The van der Waals surface area contributed by atoms with E-state index in [1.165, 1.54) is 5.56 Å². The molecule has 5 heteroatoms. The number of nitrogens with zero attached hydrogens (tertiary/aromatic N) is 1. The van der Waals surface area contributed by atoms with Gasteiger partial charge in [-0.05, 0) is 56.5 Å². The Hall–Kier alpha value is -0.580. The number of likely N-dealkylation sites (tertiary alicyclic amines) is 1. The standard InChI is InChI=1S/C16H21BrN2O.ClH/c17-14-5-3-12(4-6-14)15-2-1-11-19(15)16(20)13-7-9-18-10-8-13;/h3-6,13,15,18H,1-2,7-11H2;1H. The number of rotatable bonds is 2. The molecule has 1 atom stereocenters. The number of carbonyl (C=O) groups excluding carboxylic acids is 1. The fourth-order valence-electron chi connectivity index (χ4n) is 3.37. The topological polar surface area (TPSA) is 32.3 Å². The van der Waals surface area contributed by atoms with Crippen molar-refractivity contribution in [1.82, 2.24) is 10.2 Å². The predicted molar refractivity (Wildman–Crippen MR) is 90.7 cm³/mol. The molecule has 21 heavy (non-hydrogen) atoms. The van der Waals surface area contributed by atoms with Crippen LogP contribution in [-0.2, 0) is 4.79 Å². The Labute approximate surface area is 141 Å². The minimum atomic E-state index is 0. The smallest absolute Gasteiger partial charge is 0.226 e. The molecule has 3 rings (SSSR count). The van der Waals surface area contributed by atoms with Crippen LogP contribution >= 0.6 is 28.3 Å². The summed E-state index contributed by atoms with van der Waals surface area (Å²) in [7, 11) is 0. The average molecular weight is 374 g/mol. The second kappa shape index (κ2) is 7.61. The summed E-state index contributed by atoms with van der Waals surface area (Å²) in [5.74, 6) is 0.601. The molecule has 1 N–H and O–H groups in total. The van der Waals surface area contributed by atoms with Crippen molar-refractivity contribution in [3.05, 3.63) is 34.3 Å². The van der Waals surface area contributed by atoms with E-state index in [1.807, 2.05) is 0 Å². The van der Waals surface area contributed by atoms with E-state index in [9.17, 15) is 4.79 Å². The van der Waals surface area contributed by atoms with Gasteiger partial charge in [-0.25, -0.2) is 0 Å². The summed E-state index contributed by atoms with van der Waals surface area (Å²) in [5.41, 5.74) is 1.27. The lowest BCUT2D eigenvalue weighted by molar-refractivity contribution is -0.137. The molecule has 2 saturated heterocycles. The van der Waals surface area contributed by atoms with Gasteiger partial charge in [-0.15, -0.1) is 12.4 Å². The molecule has 0 aliphatic carbocycles. The number of amides is 1. The van der Waals surface area contributed by atoms with Crippen molar-refractivity contribution >= 4 is 34.2 Å². The van der Waals surface area contributed by atoms with Gasteiger partial charge in [0.15, 0.2) is 0 Å². The van der Waals surface area contributed by atoms with Crippen LogP contribution in [0.4, 0.5) is 0 Å². The molecule has 2 aliphatic heterocycles. The molecule has 0 bridgehead atoms. The van der Waals surface area contributed by atoms with Crippen LogP contribution in [0.3, 0.4) is 0 Å². The average Bonchev–Trinajstić information content (AvgIpc) is 2.97. The molecule has 1 aromatic carbocycles. The van der Waals surface area contributed by atoms with Crippen LogP contribution in [0.2, 0.25) is 0 Å². The largest absolute Gasteiger partial charge is 0.335 e. The molecule has 0 saturated carbocycles. The van der Waals surface area contributed by atoms with Crippen molar-refractivity contribution in [3.8, 4) is 0 Å². The molecule has 3 nitrogen and oxygen atoms in total. The normalized spacial score (nSPS) is 22.9. The lowest BCUT2D eigenvalue weighted by Crippen LogP contribution is -2.40. The highest BCUT2D eigenvalue weighted by Gasteiger charge is 2.34. The van der Waals surface area contributed by atoms with Gasteiger partial charge in [0, 0.05) is 16.9 Å². The van der Waals surface area contributed by atoms with Gasteiger partial charge in [0.2, 0.25) is 5.91 Å². The van der Waals surface area contributed by atoms with Gasteiger partial charge in [-0.3, -0.25) is 4.79 Å². The first-order valence-electron chi connectivity index (χ1n) is 7.52. The Morgan fingerprint density at radius 1 is 1.14 bits per heavy atom. The van der Waals surface area contributed by atoms with Gasteiger partial charge in [-0.2, -0.15) is 0 Å². The second-order valence-corrected chi connectivity index (χ2v) is 6.68. The lowest BCUT2D eigenvalue weighted by atomic mass is 9.95. The number of piperidine rings is 1.